The number of carboxylic acid groups (broad SMARTS) is 1. The number of nitrogens with zero attached hydrogens (tertiary/aromatic N) is 2. The highest BCUT2D eigenvalue weighted by molar-refractivity contribution is 7.11. The summed E-state index contributed by atoms with van der Waals surface area (Å²) in [6.07, 6.45) is 1.72. The van der Waals surface area contributed by atoms with Crippen molar-refractivity contribution >= 4 is 29.0 Å². The van der Waals surface area contributed by atoms with Crippen LogP contribution in [0.1, 0.15) is 17.0 Å². The average Bonchev–Trinajstić information content (AvgIpc) is 3.18. The smallest absolute Gasteiger partial charge is 0.306 e. The lowest BCUT2D eigenvalue weighted by molar-refractivity contribution is -0.137. The monoisotopic (exact) mass is 376 g/mol. The van der Waals surface area contributed by atoms with Crippen LogP contribution in [-0.2, 0) is 4.79 Å². The van der Waals surface area contributed by atoms with Gasteiger partial charge in [0, 0.05) is 10.9 Å². The molecule has 0 bridgehead atoms. The molecule has 0 aliphatic heterocycles. The molecule has 0 unspecified atom stereocenters. The molecular weight excluding hydrogens is 360 g/mol. The Hall–Kier alpha value is -3.43. The fraction of sp³-hybridized carbons (Fsp3) is 0.0952. The maximum absolute atomic E-state index is 10.5. The second kappa shape index (κ2) is 8.79. The number of aliphatic carboxylic acids is 1. The number of hydrogen-bond acceptors (Lipinski definition) is 5. The molecule has 0 amide bonds. The summed E-state index contributed by atoms with van der Waals surface area (Å²) in [4.78, 5) is 15.1. The summed E-state index contributed by atoms with van der Waals surface area (Å²) < 4.78 is 5.36. The Morgan fingerprint density at radius 3 is 2.59 bits per heavy atom. The zero-order chi connectivity index (χ0) is 19.1. The largest absolute Gasteiger partial charge is 0.493 e. The molecule has 5 nitrogen and oxygen atoms in total. The number of allylic oxidation sites excluding steroid dienone is 1. The van der Waals surface area contributed by atoms with Gasteiger partial charge in [-0.2, -0.15) is 5.26 Å². The normalized spacial score (nSPS) is 11.0. The average molecular weight is 376 g/mol. The zero-order valence-corrected chi connectivity index (χ0v) is 15.1. The highest BCUT2D eigenvalue weighted by Gasteiger charge is 2.09. The Morgan fingerprint density at radius 2 is 1.93 bits per heavy atom. The van der Waals surface area contributed by atoms with Gasteiger partial charge in [0.25, 0.3) is 0 Å². The van der Waals surface area contributed by atoms with E-state index < -0.39 is 5.97 Å². The fourth-order valence-electron chi connectivity index (χ4n) is 2.36. The third-order valence-electron chi connectivity index (χ3n) is 3.70. The lowest BCUT2D eigenvalue weighted by Crippen LogP contribution is -2.04. The number of carbonyl (C=O) groups is 1. The summed E-state index contributed by atoms with van der Waals surface area (Å²) in [5.41, 5.74) is 3.19. The Morgan fingerprint density at radius 1 is 1.19 bits per heavy atom. The molecule has 134 valence electrons. The van der Waals surface area contributed by atoms with Gasteiger partial charge in [0.05, 0.1) is 24.3 Å². The van der Waals surface area contributed by atoms with Gasteiger partial charge >= 0.3 is 5.97 Å². The van der Waals surface area contributed by atoms with Crippen LogP contribution < -0.4 is 4.74 Å². The number of benzene rings is 2. The lowest BCUT2D eigenvalue weighted by Gasteiger charge is -2.04. The molecule has 6 heteroatoms. The van der Waals surface area contributed by atoms with Crippen molar-refractivity contribution in [3.63, 3.8) is 0 Å². The molecule has 0 aliphatic rings. The molecule has 1 heterocycles. The minimum atomic E-state index is -0.897. The molecule has 3 rings (SSSR count). The van der Waals surface area contributed by atoms with Crippen LogP contribution in [0.4, 0.5) is 0 Å². The first-order valence-corrected chi connectivity index (χ1v) is 9.11. The number of carboxylic acids is 1. The number of ether oxygens (including phenoxy) is 1. The first-order chi connectivity index (χ1) is 13.2. The summed E-state index contributed by atoms with van der Waals surface area (Å²) in [5, 5.41) is 20.7. The van der Waals surface area contributed by atoms with Crippen LogP contribution >= 0.6 is 11.3 Å². The standard InChI is InChI=1S/C21H16N2O3S/c22-13-17(21-23-19(14-27-21)16-4-2-1-3-5-16)12-15-6-8-18(9-7-15)26-11-10-20(24)25/h1-9,12,14H,10-11H2,(H,24,25). The van der Waals surface area contributed by atoms with Crippen molar-refractivity contribution < 1.29 is 14.6 Å². The Bertz CT molecular complexity index is 986. The maximum atomic E-state index is 10.5. The molecule has 0 spiro atoms. The predicted octanol–water partition coefficient (Wildman–Crippen LogP) is 4.73. The summed E-state index contributed by atoms with van der Waals surface area (Å²) in [5.74, 6) is -0.306. The number of nitriles is 1. The van der Waals surface area contributed by atoms with E-state index in [0.717, 1.165) is 16.8 Å². The Kier molecular flexibility index (Phi) is 5.98. The molecule has 1 aromatic heterocycles. The quantitative estimate of drug-likeness (QED) is 0.603. The zero-order valence-electron chi connectivity index (χ0n) is 14.3. The molecule has 0 atom stereocenters. The van der Waals surface area contributed by atoms with Crippen molar-refractivity contribution in [3.05, 3.63) is 70.5 Å². The molecular formula is C21H16N2O3S. The lowest BCUT2D eigenvalue weighted by atomic mass is 10.1. The molecule has 0 saturated heterocycles. The highest BCUT2D eigenvalue weighted by Crippen LogP contribution is 2.27. The minimum Gasteiger partial charge on any atom is -0.493 e. The van der Waals surface area contributed by atoms with Gasteiger partial charge in [-0.25, -0.2) is 4.98 Å². The van der Waals surface area contributed by atoms with E-state index in [-0.39, 0.29) is 13.0 Å². The highest BCUT2D eigenvalue weighted by atomic mass is 32.1. The van der Waals surface area contributed by atoms with Crippen LogP contribution in [0.2, 0.25) is 0 Å². The molecule has 3 aromatic rings. The van der Waals surface area contributed by atoms with Crippen molar-refractivity contribution in [1.29, 1.82) is 5.26 Å². The van der Waals surface area contributed by atoms with E-state index in [2.05, 4.69) is 11.1 Å². The van der Waals surface area contributed by atoms with Crippen LogP contribution in [0.3, 0.4) is 0 Å². The number of rotatable bonds is 7. The van der Waals surface area contributed by atoms with Crippen molar-refractivity contribution in [2.45, 2.75) is 6.42 Å². The molecule has 0 aliphatic carbocycles. The van der Waals surface area contributed by atoms with Gasteiger partial charge in [-0.3, -0.25) is 4.79 Å². The van der Waals surface area contributed by atoms with Gasteiger partial charge in [0.1, 0.15) is 16.8 Å². The molecule has 0 radical (unpaired) electrons. The summed E-state index contributed by atoms with van der Waals surface area (Å²) in [6, 6.07) is 19.2. The third kappa shape index (κ3) is 5.03. The number of aromatic nitrogens is 1. The van der Waals surface area contributed by atoms with Crippen LogP contribution in [-0.4, -0.2) is 22.7 Å². The second-order valence-electron chi connectivity index (χ2n) is 5.63. The predicted molar refractivity (Wildman–Crippen MR) is 105 cm³/mol. The molecule has 2 aromatic carbocycles. The van der Waals surface area contributed by atoms with E-state index in [0.29, 0.717) is 16.3 Å². The van der Waals surface area contributed by atoms with Gasteiger partial charge in [-0.05, 0) is 23.8 Å². The summed E-state index contributed by atoms with van der Waals surface area (Å²) >= 11 is 1.43. The van der Waals surface area contributed by atoms with Gasteiger partial charge in [-0.15, -0.1) is 11.3 Å². The fourth-order valence-corrected chi connectivity index (χ4v) is 3.16. The molecule has 27 heavy (non-hydrogen) atoms. The molecule has 0 fully saturated rings. The van der Waals surface area contributed by atoms with Crippen LogP contribution in [0, 0.1) is 11.3 Å². The third-order valence-corrected chi connectivity index (χ3v) is 4.58. The van der Waals surface area contributed by atoms with E-state index in [1.165, 1.54) is 11.3 Å². The van der Waals surface area contributed by atoms with Crippen LogP contribution in [0.5, 0.6) is 5.75 Å². The first kappa shape index (κ1) is 18.4. The van der Waals surface area contributed by atoms with Crippen LogP contribution in [0.25, 0.3) is 22.9 Å². The van der Waals surface area contributed by atoms with E-state index >= 15 is 0 Å². The summed E-state index contributed by atoms with van der Waals surface area (Å²) in [7, 11) is 0. The second-order valence-corrected chi connectivity index (χ2v) is 6.49. The molecule has 0 saturated carbocycles. The van der Waals surface area contributed by atoms with Gasteiger partial charge < -0.3 is 9.84 Å². The van der Waals surface area contributed by atoms with Gasteiger partial charge in [0.2, 0.25) is 0 Å². The Labute approximate surface area is 160 Å². The SMILES string of the molecule is N#CC(=Cc1ccc(OCCC(=O)O)cc1)c1nc(-c2ccccc2)cs1. The maximum Gasteiger partial charge on any atom is 0.306 e. The van der Waals surface area contributed by atoms with E-state index in [1.807, 2.05) is 47.8 Å². The topological polar surface area (TPSA) is 83.2 Å². The minimum absolute atomic E-state index is 0.0476. The number of hydrogen-bond donors (Lipinski definition) is 1. The van der Waals surface area contributed by atoms with Crippen molar-refractivity contribution in [2.75, 3.05) is 6.61 Å². The van der Waals surface area contributed by atoms with E-state index in [9.17, 15) is 10.1 Å². The first-order valence-electron chi connectivity index (χ1n) is 8.23. The van der Waals surface area contributed by atoms with Crippen molar-refractivity contribution in [1.82, 2.24) is 4.98 Å². The Balaban J connectivity index is 1.74. The van der Waals surface area contributed by atoms with Gasteiger partial charge in [0.15, 0.2) is 0 Å². The van der Waals surface area contributed by atoms with Gasteiger partial charge in [-0.1, -0.05) is 42.5 Å². The van der Waals surface area contributed by atoms with Crippen molar-refractivity contribution in [2.24, 2.45) is 0 Å². The molecule has 1 N–H and O–H groups in total. The van der Waals surface area contributed by atoms with E-state index in [1.54, 1.807) is 18.2 Å². The number of thiazole rings is 1. The van der Waals surface area contributed by atoms with Crippen LogP contribution in [0.15, 0.2) is 60.0 Å². The van der Waals surface area contributed by atoms with Crippen molar-refractivity contribution in [3.8, 4) is 23.1 Å². The summed E-state index contributed by atoms with van der Waals surface area (Å²) in [6.45, 7) is 0.120. The van der Waals surface area contributed by atoms with E-state index in [4.69, 9.17) is 9.84 Å².